The summed E-state index contributed by atoms with van der Waals surface area (Å²) in [6, 6.07) is 20.6. The molecule has 1 fully saturated rings. The van der Waals surface area contributed by atoms with Gasteiger partial charge in [-0.3, -0.25) is 14.6 Å². The minimum absolute atomic E-state index is 0.101. The van der Waals surface area contributed by atoms with Crippen LogP contribution < -0.4 is 10.1 Å². The summed E-state index contributed by atoms with van der Waals surface area (Å²) < 4.78 is 5.69. The lowest BCUT2D eigenvalue weighted by Gasteiger charge is -2.32. The van der Waals surface area contributed by atoms with Gasteiger partial charge < -0.3 is 10.1 Å². The molecule has 1 heterocycles. The van der Waals surface area contributed by atoms with E-state index in [1.807, 2.05) is 42.3 Å². The highest BCUT2D eigenvalue weighted by atomic mass is 16.5. The van der Waals surface area contributed by atoms with Crippen molar-refractivity contribution in [2.24, 2.45) is 0 Å². The topological polar surface area (TPSA) is 44.8 Å². The molecule has 3 rings (SSSR count). The van der Waals surface area contributed by atoms with Crippen LogP contribution in [0.1, 0.15) is 18.4 Å². The standard InChI is InChI=1S/C23H31N3O2/c1-25(16-17-28-22-10-6-3-7-11-22)19-23(27)24-21-12-14-26(15-13-21)18-20-8-4-2-5-9-20/h2-11,21H,12-19H2,1H3,(H,24,27). The molecule has 5 heteroatoms. The first-order valence-corrected chi connectivity index (χ1v) is 10.1. The number of likely N-dealkylation sites (N-methyl/N-ethyl adjacent to an activating group) is 1. The molecular weight excluding hydrogens is 350 g/mol. The van der Waals surface area contributed by atoms with Crippen LogP contribution in [-0.2, 0) is 11.3 Å². The van der Waals surface area contributed by atoms with Gasteiger partial charge in [0.1, 0.15) is 12.4 Å². The maximum atomic E-state index is 12.3. The molecule has 2 aromatic carbocycles. The molecule has 28 heavy (non-hydrogen) atoms. The average molecular weight is 382 g/mol. The molecule has 0 saturated carbocycles. The van der Waals surface area contributed by atoms with E-state index in [9.17, 15) is 4.79 Å². The molecule has 1 N–H and O–H groups in total. The lowest BCUT2D eigenvalue weighted by Crippen LogP contribution is -2.47. The van der Waals surface area contributed by atoms with E-state index in [0.717, 1.165) is 44.8 Å². The predicted octanol–water partition coefficient (Wildman–Crippen LogP) is 2.78. The number of amides is 1. The maximum absolute atomic E-state index is 12.3. The molecular formula is C23H31N3O2. The third kappa shape index (κ3) is 6.98. The molecule has 2 aromatic rings. The fraction of sp³-hybridized carbons (Fsp3) is 0.435. The van der Waals surface area contributed by atoms with Gasteiger partial charge in [0.2, 0.25) is 5.91 Å². The Balaban J connectivity index is 1.29. The number of rotatable bonds is 9. The molecule has 0 radical (unpaired) electrons. The smallest absolute Gasteiger partial charge is 0.234 e. The number of ether oxygens (including phenoxy) is 1. The van der Waals surface area contributed by atoms with Crippen LogP contribution >= 0.6 is 0 Å². The molecule has 0 bridgehead atoms. The second-order valence-electron chi connectivity index (χ2n) is 7.50. The molecule has 1 amide bonds. The molecule has 1 aliphatic rings. The number of hydrogen-bond donors (Lipinski definition) is 1. The van der Waals surface area contributed by atoms with Crippen LogP contribution in [0.25, 0.3) is 0 Å². The van der Waals surface area contributed by atoms with Crippen molar-refractivity contribution in [3.05, 3.63) is 66.2 Å². The Kier molecular flexibility index (Phi) is 7.88. The largest absolute Gasteiger partial charge is 0.492 e. The lowest BCUT2D eigenvalue weighted by molar-refractivity contribution is -0.123. The first kappa shape index (κ1) is 20.4. The summed E-state index contributed by atoms with van der Waals surface area (Å²) in [4.78, 5) is 16.8. The maximum Gasteiger partial charge on any atom is 0.234 e. The summed E-state index contributed by atoms with van der Waals surface area (Å²) in [5.74, 6) is 0.964. The fourth-order valence-corrected chi connectivity index (χ4v) is 3.51. The van der Waals surface area contributed by atoms with E-state index in [-0.39, 0.29) is 11.9 Å². The van der Waals surface area contributed by atoms with Crippen molar-refractivity contribution >= 4 is 5.91 Å². The van der Waals surface area contributed by atoms with Crippen LogP contribution in [0.5, 0.6) is 5.75 Å². The van der Waals surface area contributed by atoms with E-state index < -0.39 is 0 Å². The van der Waals surface area contributed by atoms with Crippen molar-refractivity contribution in [3.8, 4) is 5.75 Å². The Morgan fingerprint density at radius 3 is 2.39 bits per heavy atom. The second kappa shape index (κ2) is 10.8. The molecule has 0 spiro atoms. The fourth-order valence-electron chi connectivity index (χ4n) is 3.51. The third-order valence-corrected chi connectivity index (χ3v) is 5.10. The second-order valence-corrected chi connectivity index (χ2v) is 7.50. The van der Waals surface area contributed by atoms with Crippen molar-refractivity contribution in [1.29, 1.82) is 0 Å². The molecule has 0 unspecified atom stereocenters. The van der Waals surface area contributed by atoms with Gasteiger partial charge in [0, 0.05) is 32.2 Å². The molecule has 5 nitrogen and oxygen atoms in total. The van der Waals surface area contributed by atoms with Crippen molar-refractivity contribution < 1.29 is 9.53 Å². The minimum atomic E-state index is 0.101. The van der Waals surface area contributed by atoms with Crippen molar-refractivity contribution in [2.75, 3.05) is 39.8 Å². The van der Waals surface area contributed by atoms with Gasteiger partial charge in [0.05, 0.1) is 6.54 Å². The molecule has 1 saturated heterocycles. The van der Waals surface area contributed by atoms with E-state index >= 15 is 0 Å². The van der Waals surface area contributed by atoms with Crippen LogP contribution in [0.15, 0.2) is 60.7 Å². The quantitative estimate of drug-likeness (QED) is 0.726. The van der Waals surface area contributed by atoms with Crippen molar-refractivity contribution in [2.45, 2.75) is 25.4 Å². The number of carbonyl (C=O) groups is 1. The zero-order valence-corrected chi connectivity index (χ0v) is 16.7. The number of para-hydroxylation sites is 1. The van der Waals surface area contributed by atoms with Gasteiger partial charge in [-0.05, 0) is 37.6 Å². The first-order chi connectivity index (χ1) is 13.7. The van der Waals surface area contributed by atoms with E-state index in [2.05, 4.69) is 40.5 Å². The van der Waals surface area contributed by atoms with E-state index in [0.29, 0.717) is 13.2 Å². The summed E-state index contributed by atoms with van der Waals surface area (Å²) in [7, 11) is 1.95. The predicted molar refractivity (Wildman–Crippen MR) is 112 cm³/mol. The molecule has 0 atom stereocenters. The van der Waals surface area contributed by atoms with E-state index in [4.69, 9.17) is 4.74 Å². The van der Waals surface area contributed by atoms with E-state index in [1.54, 1.807) is 0 Å². The number of nitrogens with one attached hydrogen (secondary N) is 1. The van der Waals surface area contributed by atoms with Gasteiger partial charge in [0.15, 0.2) is 0 Å². The van der Waals surface area contributed by atoms with Gasteiger partial charge in [-0.15, -0.1) is 0 Å². The van der Waals surface area contributed by atoms with Crippen LogP contribution in [0.4, 0.5) is 0 Å². The summed E-state index contributed by atoms with van der Waals surface area (Å²) in [5, 5.41) is 3.19. The van der Waals surface area contributed by atoms with Gasteiger partial charge >= 0.3 is 0 Å². The van der Waals surface area contributed by atoms with Gasteiger partial charge in [-0.1, -0.05) is 48.5 Å². The summed E-state index contributed by atoms with van der Waals surface area (Å²) >= 11 is 0. The SMILES string of the molecule is CN(CCOc1ccccc1)CC(=O)NC1CCN(Cc2ccccc2)CC1. The first-order valence-electron chi connectivity index (χ1n) is 10.1. The highest BCUT2D eigenvalue weighted by Crippen LogP contribution is 2.14. The zero-order valence-electron chi connectivity index (χ0n) is 16.7. The Labute approximate surface area is 168 Å². The number of likely N-dealkylation sites (tertiary alicyclic amines) is 1. The Hall–Kier alpha value is -2.37. The average Bonchev–Trinajstić information content (AvgIpc) is 2.71. The molecule has 0 aliphatic carbocycles. The van der Waals surface area contributed by atoms with Crippen LogP contribution in [0.3, 0.4) is 0 Å². The highest BCUT2D eigenvalue weighted by molar-refractivity contribution is 5.78. The summed E-state index contributed by atoms with van der Waals surface area (Å²) in [6.45, 7) is 4.75. The van der Waals surface area contributed by atoms with E-state index in [1.165, 1.54) is 5.56 Å². The van der Waals surface area contributed by atoms with Gasteiger partial charge in [0.25, 0.3) is 0 Å². The Bertz CT molecular complexity index is 700. The number of benzene rings is 2. The number of carbonyl (C=O) groups excluding carboxylic acids is 1. The summed E-state index contributed by atoms with van der Waals surface area (Å²) in [6.07, 6.45) is 2.03. The van der Waals surface area contributed by atoms with Crippen molar-refractivity contribution in [3.63, 3.8) is 0 Å². The monoisotopic (exact) mass is 381 g/mol. The molecule has 1 aliphatic heterocycles. The van der Waals surface area contributed by atoms with Crippen LogP contribution in [0, 0.1) is 0 Å². The minimum Gasteiger partial charge on any atom is -0.492 e. The van der Waals surface area contributed by atoms with Crippen LogP contribution in [0.2, 0.25) is 0 Å². The number of hydrogen-bond acceptors (Lipinski definition) is 4. The van der Waals surface area contributed by atoms with Crippen molar-refractivity contribution in [1.82, 2.24) is 15.1 Å². The molecule has 150 valence electrons. The lowest BCUT2D eigenvalue weighted by atomic mass is 10.0. The van der Waals surface area contributed by atoms with Gasteiger partial charge in [-0.25, -0.2) is 0 Å². The highest BCUT2D eigenvalue weighted by Gasteiger charge is 2.21. The van der Waals surface area contributed by atoms with Crippen LogP contribution in [-0.4, -0.2) is 61.6 Å². The molecule has 0 aromatic heterocycles. The number of piperidine rings is 1. The van der Waals surface area contributed by atoms with Gasteiger partial charge in [-0.2, -0.15) is 0 Å². The Morgan fingerprint density at radius 1 is 1.07 bits per heavy atom. The number of nitrogens with zero attached hydrogens (tertiary/aromatic N) is 2. The Morgan fingerprint density at radius 2 is 1.71 bits per heavy atom. The normalized spacial score (nSPS) is 15.5. The zero-order chi connectivity index (χ0) is 19.6. The third-order valence-electron chi connectivity index (χ3n) is 5.10. The summed E-state index contributed by atoms with van der Waals surface area (Å²) in [5.41, 5.74) is 1.35.